The van der Waals surface area contributed by atoms with Gasteiger partial charge in [-0.3, -0.25) is 4.99 Å². The number of halogens is 2. The molecule has 0 bridgehead atoms. The Kier molecular flexibility index (Phi) is 6.93. The minimum atomic E-state index is 0.600. The van der Waals surface area contributed by atoms with Crippen LogP contribution in [-0.4, -0.2) is 29.9 Å². The molecule has 6 N–H and O–H groups in total. The number of aromatic amines is 1. The maximum Gasteiger partial charge on any atom is 0.130 e. The van der Waals surface area contributed by atoms with Gasteiger partial charge in [0, 0.05) is 45.3 Å². The van der Waals surface area contributed by atoms with Gasteiger partial charge < -0.3 is 21.8 Å². The minimum absolute atomic E-state index is 0.600. The normalized spacial score (nSPS) is 11.0. The van der Waals surface area contributed by atoms with Gasteiger partial charge in [-0.05, 0) is 61.5 Å². The molecule has 0 atom stereocenters. The van der Waals surface area contributed by atoms with Gasteiger partial charge >= 0.3 is 0 Å². The molecule has 4 rings (SSSR count). The molecule has 2 aromatic carbocycles. The van der Waals surface area contributed by atoms with Crippen LogP contribution in [0, 0.1) is 0 Å². The number of aliphatic imine (C=N–C) groups is 1. The predicted octanol–water partition coefficient (Wildman–Crippen LogP) is 4.87. The predicted molar refractivity (Wildman–Crippen MR) is 125 cm³/mol. The lowest BCUT2D eigenvalue weighted by Crippen LogP contribution is -1.98. The molecule has 0 unspecified atom stereocenters. The van der Waals surface area contributed by atoms with Crippen molar-refractivity contribution in [3.63, 3.8) is 0 Å². The van der Waals surface area contributed by atoms with Crippen molar-refractivity contribution in [2.24, 2.45) is 16.5 Å². The van der Waals surface area contributed by atoms with Crippen LogP contribution in [0.5, 0.6) is 0 Å². The number of hydrogen-bond donors (Lipinski definition) is 4. The fraction of sp³-hybridized carbons (Fsp3) is 0.143. The molecule has 2 aromatic heterocycles. The third kappa shape index (κ3) is 4.79. The Morgan fingerprint density at radius 1 is 1.07 bits per heavy atom. The molecule has 150 valence electrons. The molecule has 0 spiro atoms. The Bertz CT molecular complexity index is 1140. The van der Waals surface area contributed by atoms with Crippen molar-refractivity contribution < 1.29 is 0 Å². The fourth-order valence-corrected chi connectivity index (χ4v) is 3.46. The maximum atomic E-state index is 6.22. The highest BCUT2D eigenvalue weighted by Crippen LogP contribution is 2.33. The summed E-state index contributed by atoms with van der Waals surface area (Å²) in [5, 5.41) is 6.82. The zero-order chi connectivity index (χ0) is 20.8. The molecule has 0 amide bonds. The third-order valence-corrected chi connectivity index (χ3v) is 4.83. The number of hydrogen-bond acceptors (Lipinski definition) is 4. The molecule has 0 aliphatic carbocycles. The van der Waals surface area contributed by atoms with E-state index in [9.17, 15) is 0 Å². The number of pyridine rings is 1. The second-order valence-electron chi connectivity index (χ2n) is 6.16. The number of benzene rings is 2. The van der Waals surface area contributed by atoms with Crippen molar-refractivity contribution >= 4 is 62.9 Å². The van der Waals surface area contributed by atoms with E-state index in [0.29, 0.717) is 16.6 Å². The zero-order valence-corrected chi connectivity index (χ0v) is 17.4. The number of nitrogens with one attached hydrogen (secondary N) is 2. The van der Waals surface area contributed by atoms with Gasteiger partial charge in [-0.2, -0.15) is 0 Å². The summed E-state index contributed by atoms with van der Waals surface area (Å²) in [6.07, 6.45) is 3.71. The molecule has 0 saturated carbocycles. The molecule has 0 radical (unpaired) electrons. The molecule has 0 aliphatic heterocycles. The molecule has 0 fully saturated rings. The smallest absolute Gasteiger partial charge is 0.130 e. The van der Waals surface area contributed by atoms with Crippen LogP contribution in [0.3, 0.4) is 0 Å². The van der Waals surface area contributed by atoms with Crippen LogP contribution in [0.15, 0.2) is 53.7 Å². The Morgan fingerprint density at radius 2 is 1.86 bits per heavy atom. The summed E-state index contributed by atoms with van der Waals surface area (Å²) in [6, 6.07) is 13.7. The molecule has 8 heteroatoms. The molecule has 0 saturated heterocycles. The molecule has 4 aromatic rings. The van der Waals surface area contributed by atoms with E-state index in [4.69, 9.17) is 28.9 Å². The fourth-order valence-electron chi connectivity index (χ4n) is 3.17. The van der Waals surface area contributed by atoms with E-state index >= 15 is 0 Å². The lowest BCUT2D eigenvalue weighted by atomic mass is 10.0. The average Bonchev–Trinajstić information content (AvgIpc) is 3.09. The standard InChI is InChI=1S/C20H17Cl2N5.CH5N/c21-13-1-3-18-16(8-13)17-9-15(26-19-4-2-14(22)10-25-19)7-12(20(17)27-18)5-6-24-11-23;1-2/h1-4,7-11,27H,5-6H2,(H2,23,24)(H,25,26);2H2,1H3. The van der Waals surface area contributed by atoms with Crippen LogP contribution in [0.2, 0.25) is 10.0 Å². The topological polar surface area (TPSA) is 105 Å². The first kappa shape index (κ1) is 20.9. The van der Waals surface area contributed by atoms with Crippen LogP contribution in [0.1, 0.15) is 5.56 Å². The van der Waals surface area contributed by atoms with Gasteiger partial charge in [0.1, 0.15) is 5.82 Å². The monoisotopic (exact) mass is 428 g/mol. The van der Waals surface area contributed by atoms with E-state index in [1.807, 2.05) is 24.3 Å². The summed E-state index contributed by atoms with van der Waals surface area (Å²) < 4.78 is 0. The van der Waals surface area contributed by atoms with Crippen LogP contribution in [0.4, 0.5) is 11.5 Å². The molecular weight excluding hydrogens is 407 g/mol. The second-order valence-corrected chi connectivity index (χ2v) is 7.04. The first-order valence-corrected chi connectivity index (χ1v) is 9.80. The van der Waals surface area contributed by atoms with E-state index in [2.05, 4.69) is 38.1 Å². The summed E-state index contributed by atoms with van der Waals surface area (Å²) in [5.41, 5.74) is 14.1. The number of H-pyrrole nitrogens is 1. The first-order valence-electron chi connectivity index (χ1n) is 9.04. The van der Waals surface area contributed by atoms with Crippen molar-refractivity contribution in [2.45, 2.75) is 6.42 Å². The summed E-state index contributed by atoms with van der Waals surface area (Å²) in [6.45, 7) is 0.615. The van der Waals surface area contributed by atoms with Gasteiger partial charge in [0.05, 0.1) is 11.4 Å². The largest absolute Gasteiger partial charge is 0.390 e. The Morgan fingerprint density at radius 3 is 2.59 bits per heavy atom. The van der Waals surface area contributed by atoms with Crippen molar-refractivity contribution in [3.05, 3.63) is 64.3 Å². The highest BCUT2D eigenvalue weighted by Gasteiger charge is 2.11. The minimum Gasteiger partial charge on any atom is -0.390 e. The van der Waals surface area contributed by atoms with Gasteiger partial charge in [0.25, 0.3) is 0 Å². The van der Waals surface area contributed by atoms with Crippen molar-refractivity contribution in [2.75, 3.05) is 18.9 Å². The van der Waals surface area contributed by atoms with Gasteiger partial charge in [0.2, 0.25) is 0 Å². The third-order valence-electron chi connectivity index (χ3n) is 4.37. The lowest BCUT2D eigenvalue weighted by molar-refractivity contribution is 0.977. The first-order chi connectivity index (χ1) is 14.1. The van der Waals surface area contributed by atoms with Crippen molar-refractivity contribution in [1.29, 1.82) is 0 Å². The summed E-state index contributed by atoms with van der Waals surface area (Å²) >= 11 is 12.1. The SMILES string of the molecule is CN.NC=NCCc1cc(Nc2ccc(Cl)cn2)cc2c1[nH]c1ccc(Cl)cc12. The molecule has 2 heterocycles. The van der Waals surface area contributed by atoms with Crippen LogP contribution in [0.25, 0.3) is 21.8 Å². The van der Waals surface area contributed by atoms with Gasteiger partial charge in [-0.25, -0.2) is 4.98 Å². The van der Waals surface area contributed by atoms with E-state index in [0.717, 1.165) is 45.3 Å². The number of rotatable bonds is 5. The quantitative estimate of drug-likeness (QED) is 0.268. The summed E-state index contributed by atoms with van der Waals surface area (Å²) in [5.74, 6) is 0.725. The van der Waals surface area contributed by atoms with Crippen LogP contribution >= 0.6 is 23.2 Å². The Hall–Kier alpha value is -2.80. The molecule has 6 nitrogen and oxygen atoms in total. The molecular formula is C21H22Cl2N6. The van der Waals surface area contributed by atoms with Gasteiger partial charge in [-0.15, -0.1) is 0 Å². The van der Waals surface area contributed by atoms with Gasteiger partial charge in [0.15, 0.2) is 0 Å². The number of fused-ring (bicyclic) bond motifs is 3. The number of nitrogens with zero attached hydrogens (tertiary/aromatic N) is 2. The van der Waals surface area contributed by atoms with E-state index in [1.165, 1.54) is 13.4 Å². The Labute approximate surface area is 178 Å². The van der Waals surface area contributed by atoms with Crippen molar-refractivity contribution in [3.8, 4) is 0 Å². The van der Waals surface area contributed by atoms with Crippen LogP contribution < -0.4 is 16.8 Å². The van der Waals surface area contributed by atoms with Crippen LogP contribution in [-0.2, 0) is 6.42 Å². The maximum absolute atomic E-state index is 6.22. The van der Waals surface area contributed by atoms with E-state index in [-0.39, 0.29) is 0 Å². The zero-order valence-electron chi connectivity index (χ0n) is 15.9. The van der Waals surface area contributed by atoms with Gasteiger partial charge in [-0.1, -0.05) is 23.2 Å². The highest BCUT2D eigenvalue weighted by atomic mass is 35.5. The number of nitrogens with two attached hydrogens (primary N) is 2. The lowest BCUT2D eigenvalue weighted by Gasteiger charge is -2.09. The highest BCUT2D eigenvalue weighted by molar-refractivity contribution is 6.32. The molecule has 29 heavy (non-hydrogen) atoms. The number of anilines is 2. The van der Waals surface area contributed by atoms with E-state index < -0.39 is 0 Å². The van der Waals surface area contributed by atoms with Crippen molar-refractivity contribution in [1.82, 2.24) is 9.97 Å². The summed E-state index contributed by atoms with van der Waals surface area (Å²) in [7, 11) is 1.50. The number of aromatic nitrogens is 2. The molecule has 0 aliphatic rings. The average molecular weight is 429 g/mol. The summed E-state index contributed by atoms with van der Waals surface area (Å²) in [4.78, 5) is 11.9. The van der Waals surface area contributed by atoms with E-state index in [1.54, 1.807) is 12.3 Å². The Balaban J connectivity index is 0.00000117. The second kappa shape index (κ2) is 9.60.